The topological polar surface area (TPSA) is 29.1 Å². The van der Waals surface area contributed by atoms with Gasteiger partial charge in [-0.15, -0.1) is 0 Å². The molecule has 1 aromatic rings. The van der Waals surface area contributed by atoms with Crippen LogP contribution in [-0.4, -0.2) is 5.91 Å². The molecule has 1 atom stereocenters. The molecule has 0 bridgehead atoms. The van der Waals surface area contributed by atoms with E-state index in [1.54, 1.807) is 18.2 Å². The van der Waals surface area contributed by atoms with E-state index in [2.05, 4.69) is 5.32 Å². The number of nitrogens with one attached hydrogen (secondary N) is 1. The highest BCUT2D eigenvalue weighted by atomic mass is 35.5. The van der Waals surface area contributed by atoms with Gasteiger partial charge in [-0.2, -0.15) is 0 Å². The van der Waals surface area contributed by atoms with Gasteiger partial charge in [0, 0.05) is 6.08 Å². The largest absolute Gasteiger partial charge is 0.346 e. The highest BCUT2D eigenvalue weighted by molar-refractivity contribution is 6.42. The molecule has 0 spiro atoms. The molecule has 2 nitrogen and oxygen atoms in total. The number of allylic oxidation sites excluding steroid dienone is 1. The van der Waals surface area contributed by atoms with Crippen LogP contribution in [0.3, 0.4) is 0 Å². The average molecular weight is 272 g/mol. The van der Waals surface area contributed by atoms with Crippen molar-refractivity contribution in [2.24, 2.45) is 0 Å². The van der Waals surface area contributed by atoms with E-state index in [4.69, 9.17) is 23.2 Å². The molecule has 1 N–H and O–H groups in total. The van der Waals surface area contributed by atoms with Crippen LogP contribution in [0.4, 0.5) is 0 Å². The van der Waals surface area contributed by atoms with Gasteiger partial charge in [-0.1, -0.05) is 34.8 Å². The van der Waals surface area contributed by atoms with Crippen LogP contribution in [0.2, 0.25) is 10.0 Å². The Bertz CT molecular complexity index is 451. The highest BCUT2D eigenvalue weighted by Crippen LogP contribution is 2.25. The Balaban J connectivity index is 2.76. The van der Waals surface area contributed by atoms with Crippen LogP contribution in [0, 0.1) is 0 Å². The SMILES string of the molecule is CC(C)=CC(=O)N[C@@H](C)c1ccc(Cl)c(Cl)c1. The quantitative estimate of drug-likeness (QED) is 0.823. The molecule has 1 amide bonds. The van der Waals surface area contributed by atoms with Gasteiger partial charge in [0.25, 0.3) is 0 Å². The van der Waals surface area contributed by atoms with E-state index in [1.807, 2.05) is 26.8 Å². The highest BCUT2D eigenvalue weighted by Gasteiger charge is 2.09. The van der Waals surface area contributed by atoms with Crippen molar-refractivity contribution >= 4 is 29.1 Å². The number of amides is 1. The molecule has 0 aliphatic heterocycles. The van der Waals surface area contributed by atoms with E-state index in [1.165, 1.54) is 0 Å². The van der Waals surface area contributed by atoms with Crippen molar-refractivity contribution in [3.8, 4) is 0 Å². The standard InChI is InChI=1S/C13H15Cl2NO/c1-8(2)6-13(17)16-9(3)10-4-5-11(14)12(15)7-10/h4-7,9H,1-3H3,(H,16,17)/t9-/m0/s1. The maximum Gasteiger partial charge on any atom is 0.244 e. The monoisotopic (exact) mass is 271 g/mol. The average Bonchev–Trinajstić information content (AvgIpc) is 2.20. The number of carbonyl (C=O) groups is 1. The molecule has 92 valence electrons. The predicted octanol–water partition coefficient (Wildman–Crippen LogP) is 4.14. The first-order valence-corrected chi connectivity index (χ1v) is 6.06. The predicted molar refractivity (Wildman–Crippen MR) is 72.5 cm³/mol. The molecule has 0 saturated carbocycles. The van der Waals surface area contributed by atoms with Crippen molar-refractivity contribution in [2.45, 2.75) is 26.8 Å². The molecule has 0 aliphatic carbocycles. The maximum atomic E-state index is 11.5. The Hall–Kier alpha value is -0.990. The Morgan fingerprint density at radius 2 is 1.94 bits per heavy atom. The number of benzene rings is 1. The van der Waals surface area contributed by atoms with Crippen molar-refractivity contribution in [3.63, 3.8) is 0 Å². The van der Waals surface area contributed by atoms with Crippen LogP contribution >= 0.6 is 23.2 Å². The molecule has 1 aromatic carbocycles. The lowest BCUT2D eigenvalue weighted by Crippen LogP contribution is -2.24. The molecule has 0 radical (unpaired) electrons. The molecular formula is C13H15Cl2NO. The second-order valence-electron chi connectivity index (χ2n) is 4.13. The van der Waals surface area contributed by atoms with Gasteiger partial charge in [-0.3, -0.25) is 4.79 Å². The summed E-state index contributed by atoms with van der Waals surface area (Å²) in [6.07, 6.45) is 1.56. The zero-order chi connectivity index (χ0) is 13.0. The first-order chi connectivity index (χ1) is 7.90. The molecule has 0 aliphatic rings. The molecule has 1 rings (SSSR count). The number of hydrogen-bond donors (Lipinski definition) is 1. The molecular weight excluding hydrogens is 257 g/mol. The number of carbonyl (C=O) groups excluding carboxylic acids is 1. The summed E-state index contributed by atoms with van der Waals surface area (Å²) < 4.78 is 0. The fourth-order valence-electron chi connectivity index (χ4n) is 1.38. The van der Waals surface area contributed by atoms with Gasteiger partial charge in [-0.05, 0) is 38.5 Å². The molecule has 17 heavy (non-hydrogen) atoms. The Labute approximate surface area is 112 Å². The fraction of sp³-hybridized carbons (Fsp3) is 0.308. The van der Waals surface area contributed by atoms with Gasteiger partial charge in [0.05, 0.1) is 16.1 Å². The molecule has 0 heterocycles. The summed E-state index contributed by atoms with van der Waals surface area (Å²) in [6.45, 7) is 5.66. The normalized spacial score (nSPS) is 11.8. The lowest BCUT2D eigenvalue weighted by Gasteiger charge is -2.13. The van der Waals surface area contributed by atoms with Crippen molar-refractivity contribution in [3.05, 3.63) is 45.5 Å². The fourth-order valence-corrected chi connectivity index (χ4v) is 1.69. The zero-order valence-electron chi connectivity index (χ0n) is 10.1. The van der Waals surface area contributed by atoms with Gasteiger partial charge in [0.15, 0.2) is 0 Å². The smallest absolute Gasteiger partial charge is 0.244 e. The van der Waals surface area contributed by atoms with E-state index in [9.17, 15) is 4.79 Å². The molecule has 4 heteroatoms. The van der Waals surface area contributed by atoms with Gasteiger partial charge in [0.1, 0.15) is 0 Å². The lowest BCUT2D eigenvalue weighted by molar-refractivity contribution is -0.117. The number of hydrogen-bond acceptors (Lipinski definition) is 1. The molecule has 0 saturated heterocycles. The summed E-state index contributed by atoms with van der Waals surface area (Å²) in [5.74, 6) is -0.108. The van der Waals surface area contributed by atoms with Crippen molar-refractivity contribution < 1.29 is 4.79 Å². The summed E-state index contributed by atoms with van der Waals surface area (Å²) in [4.78, 5) is 11.5. The third-order valence-corrected chi connectivity index (χ3v) is 2.96. The summed E-state index contributed by atoms with van der Waals surface area (Å²) >= 11 is 11.8. The molecule has 0 fully saturated rings. The number of halogens is 2. The molecule has 0 aromatic heterocycles. The van der Waals surface area contributed by atoms with Crippen LogP contribution in [0.5, 0.6) is 0 Å². The van der Waals surface area contributed by atoms with E-state index < -0.39 is 0 Å². The van der Waals surface area contributed by atoms with Gasteiger partial charge >= 0.3 is 0 Å². The maximum absolute atomic E-state index is 11.5. The van der Waals surface area contributed by atoms with Gasteiger partial charge in [0.2, 0.25) is 5.91 Å². The minimum absolute atomic E-state index is 0.104. The van der Waals surface area contributed by atoms with Gasteiger partial charge in [-0.25, -0.2) is 0 Å². The Kier molecular flexibility index (Phi) is 5.03. The van der Waals surface area contributed by atoms with Crippen LogP contribution in [0.15, 0.2) is 29.8 Å². The second kappa shape index (κ2) is 6.08. The lowest BCUT2D eigenvalue weighted by atomic mass is 10.1. The van der Waals surface area contributed by atoms with Crippen molar-refractivity contribution in [2.75, 3.05) is 0 Å². The van der Waals surface area contributed by atoms with Gasteiger partial charge < -0.3 is 5.32 Å². The Morgan fingerprint density at radius 3 is 2.47 bits per heavy atom. The number of rotatable bonds is 3. The summed E-state index contributed by atoms with van der Waals surface area (Å²) in [5.41, 5.74) is 1.89. The van der Waals surface area contributed by atoms with E-state index >= 15 is 0 Å². The zero-order valence-corrected chi connectivity index (χ0v) is 11.6. The van der Waals surface area contributed by atoms with Crippen molar-refractivity contribution in [1.82, 2.24) is 5.32 Å². The summed E-state index contributed by atoms with van der Waals surface area (Å²) in [7, 11) is 0. The van der Waals surface area contributed by atoms with E-state index in [0.717, 1.165) is 11.1 Å². The summed E-state index contributed by atoms with van der Waals surface area (Å²) in [6, 6.07) is 5.23. The molecule has 0 unspecified atom stereocenters. The minimum Gasteiger partial charge on any atom is -0.346 e. The van der Waals surface area contributed by atoms with Crippen LogP contribution in [-0.2, 0) is 4.79 Å². The van der Waals surface area contributed by atoms with Crippen LogP contribution in [0.25, 0.3) is 0 Å². The van der Waals surface area contributed by atoms with Crippen LogP contribution in [0.1, 0.15) is 32.4 Å². The van der Waals surface area contributed by atoms with E-state index in [0.29, 0.717) is 10.0 Å². The minimum atomic E-state index is -0.108. The third kappa shape index (κ3) is 4.41. The first kappa shape index (κ1) is 14.1. The third-order valence-electron chi connectivity index (χ3n) is 2.22. The van der Waals surface area contributed by atoms with Crippen molar-refractivity contribution in [1.29, 1.82) is 0 Å². The van der Waals surface area contributed by atoms with E-state index in [-0.39, 0.29) is 11.9 Å². The first-order valence-electron chi connectivity index (χ1n) is 5.30. The Morgan fingerprint density at radius 1 is 1.29 bits per heavy atom. The van der Waals surface area contributed by atoms with Crippen LogP contribution < -0.4 is 5.32 Å². The summed E-state index contributed by atoms with van der Waals surface area (Å²) in [5, 5.41) is 3.86. The second-order valence-corrected chi connectivity index (χ2v) is 4.94.